The number of carbonyl (C=O) groups is 1. The molecule has 1 N–H and O–H groups in total. The van der Waals surface area contributed by atoms with Crippen molar-refractivity contribution in [1.29, 1.82) is 0 Å². The second-order valence-electron chi connectivity index (χ2n) is 7.70. The molecular weight excluding hydrogens is 358 g/mol. The molecule has 0 aromatic carbocycles. The van der Waals surface area contributed by atoms with Crippen LogP contribution in [0.1, 0.15) is 50.9 Å². The van der Waals surface area contributed by atoms with Crippen molar-refractivity contribution in [3.8, 4) is 0 Å². The summed E-state index contributed by atoms with van der Waals surface area (Å²) in [5.41, 5.74) is 1.72. The summed E-state index contributed by atoms with van der Waals surface area (Å²) in [6, 6.07) is 4.22. The largest absolute Gasteiger partial charge is 0.444 e. The van der Waals surface area contributed by atoms with E-state index >= 15 is 0 Å². The number of amides is 1. The number of pyridine rings is 1. The second kappa shape index (κ2) is 5.74. The van der Waals surface area contributed by atoms with Crippen molar-refractivity contribution in [3.05, 3.63) is 28.0 Å². The molecule has 1 atom stereocenters. The normalized spacial score (nSPS) is 23.0. The topological polar surface area (TPSA) is 54.5 Å². The molecule has 1 unspecified atom stereocenters. The first-order valence-electron chi connectivity index (χ1n) is 8.06. The van der Waals surface area contributed by atoms with Crippen LogP contribution < -0.4 is 5.32 Å². The summed E-state index contributed by atoms with van der Waals surface area (Å²) in [7, 11) is 0. The molecule has 126 valence electrons. The number of hydrogen-bond donors (Lipinski definition) is 1. The standard InChI is InChI=1S/C17H24BrN3O2/c1-11-7-12(8-14(18)19-11)13-9-21(10-17(20-13)5-6-17)15(22)23-16(2,3)4/h7-8,13,20H,5-6,9-10H2,1-4H3. The lowest BCUT2D eigenvalue weighted by atomic mass is 10.0. The van der Waals surface area contributed by atoms with Gasteiger partial charge in [-0.3, -0.25) is 0 Å². The van der Waals surface area contributed by atoms with Crippen molar-refractivity contribution < 1.29 is 9.53 Å². The molecule has 23 heavy (non-hydrogen) atoms. The van der Waals surface area contributed by atoms with Crippen molar-refractivity contribution in [3.63, 3.8) is 0 Å². The monoisotopic (exact) mass is 381 g/mol. The molecule has 1 saturated heterocycles. The predicted octanol–water partition coefficient (Wildman–Crippen LogP) is 3.57. The van der Waals surface area contributed by atoms with Gasteiger partial charge >= 0.3 is 6.09 Å². The average molecular weight is 382 g/mol. The van der Waals surface area contributed by atoms with Crippen LogP contribution in [0.3, 0.4) is 0 Å². The maximum absolute atomic E-state index is 12.5. The highest BCUT2D eigenvalue weighted by Gasteiger charge is 2.50. The highest BCUT2D eigenvalue weighted by molar-refractivity contribution is 9.10. The molecule has 1 spiro atoms. The van der Waals surface area contributed by atoms with Gasteiger partial charge in [-0.15, -0.1) is 0 Å². The molecule has 0 bridgehead atoms. The lowest BCUT2D eigenvalue weighted by Crippen LogP contribution is -2.56. The molecular formula is C17H24BrN3O2. The Morgan fingerprint density at radius 2 is 2.13 bits per heavy atom. The van der Waals surface area contributed by atoms with Gasteiger partial charge in [0.05, 0.1) is 6.04 Å². The minimum absolute atomic E-state index is 0.0590. The van der Waals surface area contributed by atoms with Crippen molar-refractivity contribution in [1.82, 2.24) is 15.2 Å². The zero-order chi connectivity index (χ0) is 16.8. The van der Waals surface area contributed by atoms with E-state index in [0.717, 1.165) is 35.2 Å². The van der Waals surface area contributed by atoms with E-state index < -0.39 is 5.60 Å². The first-order valence-corrected chi connectivity index (χ1v) is 8.85. The molecule has 0 radical (unpaired) electrons. The average Bonchev–Trinajstić information content (AvgIpc) is 3.14. The number of ether oxygens (including phenoxy) is 1. The number of aromatic nitrogens is 1. The van der Waals surface area contributed by atoms with E-state index in [4.69, 9.17) is 4.74 Å². The van der Waals surface area contributed by atoms with Gasteiger partial charge in [0.2, 0.25) is 0 Å². The van der Waals surface area contributed by atoms with E-state index in [1.54, 1.807) is 0 Å². The van der Waals surface area contributed by atoms with Gasteiger partial charge in [0.25, 0.3) is 0 Å². The number of carbonyl (C=O) groups excluding carboxylic acids is 1. The Kier molecular flexibility index (Phi) is 4.17. The summed E-state index contributed by atoms with van der Waals surface area (Å²) in [5.74, 6) is 0. The molecule has 1 aromatic heterocycles. The van der Waals surface area contributed by atoms with E-state index in [9.17, 15) is 4.79 Å². The van der Waals surface area contributed by atoms with Gasteiger partial charge in [-0.05, 0) is 74.2 Å². The quantitative estimate of drug-likeness (QED) is 0.755. The second-order valence-corrected chi connectivity index (χ2v) is 8.52. The van der Waals surface area contributed by atoms with Crippen LogP contribution in [0, 0.1) is 6.92 Å². The fraction of sp³-hybridized carbons (Fsp3) is 0.647. The van der Waals surface area contributed by atoms with E-state index in [1.165, 1.54) is 0 Å². The van der Waals surface area contributed by atoms with Gasteiger partial charge in [-0.1, -0.05) is 0 Å². The molecule has 2 fully saturated rings. The number of nitrogens with one attached hydrogen (secondary N) is 1. The molecule has 5 nitrogen and oxygen atoms in total. The Morgan fingerprint density at radius 3 is 2.70 bits per heavy atom. The third-order valence-electron chi connectivity index (χ3n) is 4.23. The minimum Gasteiger partial charge on any atom is -0.444 e. The fourth-order valence-corrected chi connectivity index (χ4v) is 3.62. The Morgan fingerprint density at radius 1 is 1.43 bits per heavy atom. The lowest BCUT2D eigenvalue weighted by Gasteiger charge is -2.40. The first-order chi connectivity index (χ1) is 10.7. The fourth-order valence-electron chi connectivity index (χ4n) is 3.07. The van der Waals surface area contributed by atoms with Crippen LogP contribution in [0.15, 0.2) is 16.7 Å². The van der Waals surface area contributed by atoms with Crippen molar-refractivity contribution in [2.45, 2.75) is 57.7 Å². The Balaban J connectivity index is 1.81. The van der Waals surface area contributed by atoms with Crippen molar-refractivity contribution in [2.75, 3.05) is 13.1 Å². The molecule has 1 aliphatic carbocycles. The number of hydrogen-bond acceptors (Lipinski definition) is 4. The summed E-state index contributed by atoms with van der Waals surface area (Å²) in [5, 5.41) is 3.72. The number of halogens is 1. The maximum atomic E-state index is 12.5. The van der Waals surface area contributed by atoms with Crippen LogP contribution in [-0.2, 0) is 4.74 Å². The number of rotatable bonds is 1. The predicted molar refractivity (Wildman–Crippen MR) is 92.3 cm³/mol. The summed E-state index contributed by atoms with van der Waals surface area (Å²) < 4.78 is 6.39. The van der Waals surface area contributed by atoms with E-state index in [-0.39, 0.29) is 17.7 Å². The van der Waals surface area contributed by atoms with E-state index in [0.29, 0.717) is 6.54 Å². The van der Waals surface area contributed by atoms with Crippen LogP contribution in [0.4, 0.5) is 4.79 Å². The molecule has 2 heterocycles. The van der Waals surface area contributed by atoms with Gasteiger partial charge in [-0.2, -0.15) is 0 Å². The van der Waals surface area contributed by atoms with Crippen LogP contribution >= 0.6 is 15.9 Å². The molecule has 3 rings (SSSR count). The smallest absolute Gasteiger partial charge is 0.410 e. The summed E-state index contributed by atoms with van der Waals surface area (Å²) >= 11 is 3.46. The Hall–Kier alpha value is -1.14. The number of piperazine rings is 1. The van der Waals surface area contributed by atoms with Gasteiger partial charge in [0.1, 0.15) is 10.2 Å². The Labute approximate surface area is 145 Å². The summed E-state index contributed by atoms with van der Waals surface area (Å²) in [4.78, 5) is 18.7. The first kappa shape index (κ1) is 16.7. The third kappa shape index (κ3) is 4.04. The highest BCUT2D eigenvalue weighted by Crippen LogP contribution is 2.42. The zero-order valence-electron chi connectivity index (χ0n) is 14.1. The van der Waals surface area contributed by atoms with Gasteiger partial charge < -0.3 is 15.0 Å². The molecule has 6 heteroatoms. The van der Waals surface area contributed by atoms with Gasteiger partial charge in [0, 0.05) is 24.3 Å². The molecule has 1 saturated carbocycles. The minimum atomic E-state index is -0.468. The molecule has 1 aromatic rings. The highest BCUT2D eigenvalue weighted by atomic mass is 79.9. The number of nitrogens with zero attached hydrogens (tertiary/aromatic N) is 2. The van der Waals surface area contributed by atoms with Crippen LogP contribution in [-0.4, -0.2) is 40.2 Å². The zero-order valence-corrected chi connectivity index (χ0v) is 15.7. The van der Waals surface area contributed by atoms with E-state index in [2.05, 4.69) is 32.3 Å². The Bertz CT molecular complexity index is 603. The third-order valence-corrected chi connectivity index (χ3v) is 4.64. The van der Waals surface area contributed by atoms with Gasteiger partial charge in [0.15, 0.2) is 0 Å². The summed E-state index contributed by atoms with van der Waals surface area (Å²) in [6.45, 7) is 9.04. The number of aryl methyl sites for hydroxylation is 1. The maximum Gasteiger partial charge on any atom is 0.410 e. The SMILES string of the molecule is Cc1cc(C2CN(C(=O)OC(C)(C)C)CC3(CC3)N2)cc(Br)n1. The summed E-state index contributed by atoms with van der Waals surface area (Å²) in [6.07, 6.45) is 1.99. The van der Waals surface area contributed by atoms with Crippen LogP contribution in [0.25, 0.3) is 0 Å². The molecule has 1 amide bonds. The van der Waals surface area contributed by atoms with Crippen molar-refractivity contribution in [2.24, 2.45) is 0 Å². The van der Waals surface area contributed by atoms with Crippen LogP contribution in [0.5, 0.6) is 0 Å². The molecule has 1 aliphatic heterocycles. The lowest BCUT2D eigenvalue weighted by molar-refractivity contribution is 0.0136. The van der Waals surface area contributed by atoms with E-state index in [1.807, 2.05) is 38.7 Å². The van der Waals surface area contributed by atoms with Crippen LogP contribution in [0.2, 0.25) is 0 Å². The van der Waals surface area contributed by atoms with Crippen molar-refractivity contribution >= 4 is 22.0 Å². The van der Waals surface area contributed by atoms with Gasteiger partial charge in [-0.25, -0.2) is 9.78 Å². The molecule has 2 aliphatic rings.